The van der Waals surface area contributed by atoms with Gasteiger partial charge < -0.3 is 14.2 Å². The predicted octanol–water partition coefficient (Wildman–Crippen LogP) is 2.65. The average Bonchev–Trinajstić information content (AvgIpc) is 3.23. The van der Waals surface area contributed by atoms with E-state index in [1.54, 1.807) is 6.20 Å². The van der Waals surface area contributed by atoms with Gasteiger partial charge in [-0.1, -0.05) is 6.92 Å². The Morgan fingerprint density at radius 3 is 2.81 bits per heavy atom. The fourth-order valence-corrected chi connectivity index (χ4v) is 4.53. The summed E-state index contributed by atoms with van der Waals surface area (Å²) in [5, 5.41) is 0. The SMILES string of the molecule is CCCN1CCCC2(CCCN2C(=O)c2cn3ccc(C)cc3n2)C1=O. The monoisotopic (exact) mass is 354 g/mol. The second kappa shape index (κ2) is 6.41. The molecule has 2 saturated heterocycles. The highest BCUT2D eigenvalue weighted by Gasteiger charge is 2.52. The molecule has 26 heavy (non-hydrogen) atoms. The Hall–Kier alpha value is -2.37. The third-order valence-electron chi connectivity index (χ3n) is 5.77. The molecule has 2 aliphatic rings. The van der Waals surface area contributed by atoms with Crippen LogP contribution in [0.5, 0.6) is 0 Å². The first-order valence-corrected chi connectivity index (χ1v) is 9.62. The molecule has 0 aromatic carbocycles. The maximum absolute atomic E-state index is 13.3. The van der Waals surface area contributed by atoms with Gasteiger partial charge in [-0.05, 0) is 56.7 Å². The number of carbonyl (C=O) groups excluding carboxylic acids is 2. The predicted molar refractivity (Wildman–Crippen MR) is 99.0 cm³/mol. The molecule has 0 saturated carbocycles. The van der Waals surface area contributed by atoms with Crippen molar-refractivity contribution in [2.24, 2.45) is 0 Å². The van der Waals surface area contributed by atoms with E-state index in [1.165, 1.54) is 0 Å². The molecule has 2 aromatic heterocycles. The van der Waals surface area contributed by atoms with Crippen LogP contribution in [-0.4, -0.2) is 56.2 Å². The van der Waals surface area contributed by atoms with Crippen LogP contribution in [0.25, 0.3) is 5.65 Å². The van der Waals surface area contributed by atoms with Gasteiger partial charge in [0.05, 0.1) is 0 Å². The number of carbonyl (C=O) groups is 2. The minimum absolute atomic E-state index is 0.115. The van der Waals surface area contributed by atoms with Crippen LogP contribution in [0.1, 0.15) is 55.1 Å². The molecule has 1 atom stereocenters. The number of aromatic nitrogens is 2. The van der Waals surface area contributed by atoms with Crippen molar-refractivity contribution in [3.63, 3.8) is 0 Å². The molecule has 0 aliphatic carbocycles. The summed E-state index contributed by atoms with van der Waals surface area (Å²) in [6, 6.07) is 3.96. The number of piperidine rings is 1. The van der Waals surface area contributed by atoms with Crippen LogP contribution in [0.15, 0.2) is 24.5 Å². The zero-order valence-corrected chi connectivity index (χ0v) is 15.6. The van der Waals surface area contributed by atoms with Crippen molar-refractivity contribution in [2.45, 2.75) is 51.5 Å². The first-order chi connectivity index (χ1) is 12.5. The summed E-state index contributed by atoms with van der Waals surface area (Å²) in [5.41, 5.74) is 1.65. The fourth-order valence-electron chi connectivity index (χ4n) is 4.53. The quantitative estimate of drug-likeness (QED) is 0.851. The molecular weight excluding hydrogens is 328 g/mol. The molecule has 6 heteroatoms. The van der Waals surface area contributed by atoms with Crippen molar-refractivity contribution >= 4 is 17.5 Å². The van der Waals surface area contributed by atoms with Crippen LogP contribution in [0, 0.1) is 6.92 Å². The van der Waals surface area contributed by atoms with E-state index in [0.29, 0.717) is 12.2 Å². The van der Waals surface area contributed by atoms with Crippen molar-refractivity contribution in [1.82, 2.24) is 19.2 Å². The fraction of sp³-hybridized carbons (Fsp3) is 0.550. The van der Waals surface area contributed by atoms with Crippen LogP contribution in [0.2, 0.25) is 0 Å². The largest absolute Gasteiger partial charge is 0.341 e. The van der Waals surface area contributed by atoms with Crippen molar-refractivity contribution in [3.05, 3.63) is 35.8 Å². The molecule has 1 unspecified atom stereocenters. The van der Waals surface area contributed by atoms with Gasteiger partial charge in [-0.25, -0.2) is 4.98 Å². The first kappa shape index (κ1) is 17.1. The van der Waals surface area contributed by atoms with Crippen molar-refractivity contribution in [2.75, 3.05) is 19.6 Å². The Balaban J connectivity index is 1.66. The molecule has 1 spiro atoms. The Morgan fingerprint density at radius 1 is 1.27 bits per heavy atom. The summed E-state index contributed by atoms with van der Waals surface area (Å²) in [5.74, 6) is 0.0200. The van der Waals surface area contributed by atoms with E-state index in [0.717, 1.165) is 56.4 Å². The lowest BCUT2D eigenvalue weighted by Gasteiger charge is -2.44. The molecule has 4 rings (SSSR count). The molecule has 2 aliphatic heterocycles. The molecule has 2 aromatic rings. The van der Waals surface area contributed by atoms with Crippen LogP contribution in [0.3, 0.4) is 0 Å². The van der Waals surface area contributed by atoms with Gasteiger partial charge in [0.15, 0.2) is 0 Å². The highest BCUT2D eigenvalue weighted by molar-refractivity contribution is 5.99. The lowest BCUT2D eigenvalue weighted by Crippen LogP contribution is -2.61. The molecule has 138 valence electrons. The van der Waals surface area contributed by atoms with Gasteiger partial charge in [-0.2, -0.15) is 0 Å². The van der Waals surface area contributed by atoms with Gasteiger partial charge in [0.25, 0.3) is 5.91 Å². The Labute approximate surface area is 153 Å². The van der Waals surface area contributed by atoms with Gasteiger partial charge in [0.2, 0.25) is 5.91 Å². The first-order valence-electron chi connectivity index (χ1n) is 9.62. The highest BCUT2D eigenvalue weighted by Crippen LogP contribution is 2.39. The number of rotatable bonds is 3. The van der Waals surface area contributed by atoms with Crippen LogP contribution in [-0.2, 0) is 4.79 Å². The lowest BCUT2D eigenvalue weighted by molar-refractivity contribution is -0.145. The highest BCUT2D eigenvalue weighted by atomic mass is 16.2. The molecule has 0 radical (unpaired) electrons. The maximum atomic E-state index is 13.3. The molecule has 0 bridgehead atoms. The molecule has 0 N–H and O–H groups in total. The van der Waals surface area contributed by atoms with Crippen molar-refractivity contribution < 1.29 is 9.59 Å². The molecule has 6 nitrogen and oxygen atoms in total. The average molecular weight is 354 g/mol. The van der Waals surface area contributed by atoms with E-state index in [9.17, 15) is 9.59 Å². The molecule has 4 heterocycles. The van der Waals surface area contributed by atoms with E-state index in [1.807, 2.05) is 39.5 Å². The third-order valence-corrected chi connectivity index (χ3v) is 5.77. The Morgan fingerprint density at radius 2 is 2.04 bits per heavy atom. The minimum Gasteiger partial charge on any atom is -0.341 e. The van der Waals surface area contributed by atoms with Gasteiger partial charge >= 0.3 is 0 Å². The van der Waals surface area contributed by atoms with Crippen LogP contribution >= 0.6 is 0 Å². The summed E-state index contributed by atoms with van der Waals surface area (Å²) in [4.78, 5) is 34.8. The minimum atomic E-state index is -0.657. The summed E-state index contributed by atoms with van der Waals surface area (Å²) in [7, 11) is 0. The third kappa shape index (κ3) is 2.59. The number of hydrogen-bond donors (Lipinski definition) is 0. The smallest absolute Gasteiger partial charge is 0.274 e. The Kier molecular flexibility index (Phi) is 4.21. The van der Waals surface area contributed by atoms with Crippen LogP contribution in [0.4, 0.5) is 0 Å². The number of amides is 2. The van der Waals surface area contributed by atoms with Crippen molar-refractivity contribution in [3.8, 4) is 0 Å². The summed E-state index contributed by atoms with van der Waals surface area (Å²) >= 11 is 0. The van der Waals surface area contributed by atoms with Gasteiger partial charge in [-0.3, -0.25) is 9.59 Å². The number of imidazole rings is 1. The summed E-state index contributed by atoms with van der Waals surface area (Å²) in [6.07, 6.45) is 8.02. The maximum Gasteiger partial charge on any atom is 0.274 e. The van der Waals surface area contributed by atoms with Gasteiger partial charge in [0.1, 0.15) is 16.9 Å². The summed E-state index contributed by atoms with van der Waals surface area (Å²) in [6.45, 7) is 6.32. The second-order valence-corrected chi connectivity index (χ2v) is 7.58. The number of likely N-dealkylation sites (tertiary alicyclic amines) is 2. The van der Waals surface area contributed by atoms with E-state index in [2.05, 4.69) is 11.9 Å². The van der Waals surface area contributed by atoms with E-state index < -0.39 is 5.54 Å². The van der Waals surface area contributed by atoms with E-state index in [4.69, 9.17) is 0 Å². The molecule has 2 amide bonds. The van der Waals surface area contributed by atoms with Gasteiger partial charge in [-0.15, -0.1) is 0 Å². The lowest BCUT2D eigenvalue weighted by atomic mass is 9.85. The number of fused-ring (bicyclic) bond motifs is 1. The number of aryl methyl sites for hydroxylation is 1. The molecular formula is C20H26N4O2. The number of hydrogen-bond acceptors (Lipinski definition) is 3. The summed E-state index contributed by atoms with van der Waals surface area (Å²) < 4.78 is 1.87. The second-order valence-electron chi connectivity index (χ2n) is 7.58. The zero-order valence-electron chi connectivity index (χ0n) is 15.6. The van der Waals surface area contributed by atoms with Crippen LogP contribution < -0.4 is 0 Å². The normalized spacial score (nSPS) is 23.4. The topological polar surface area (TPSA) is 57.9 Å². The number of nitrogens with zero attached hydrogens (tertiary/aromatic N) is 4. The van der Waals surface area contributed by atoms with E-state index >= 15 is 0 Å². The van der Waals surface area contributed by atoms with Crippen molar-refractivity contribution in [1.29, 1.82) is 0 Å². The zero-order chi connectivity index (χ0) is 18.3. The van der Waals surface area contributed by atoms with Gasteiger partial charge in [0, 0.05) is 32.0 Å². The van der Waals surface area contributed by atoms with E-state index in [-0.39, 0.29) is 11.8 Å². The number of pyridine rings is 1. The molecule has 2 fully saturated rings. The Bertz CT molecular complexity index is 857. The standard InChI is InChI=1S/C20H26N4O2/c1-3-9-22-10-4-7-20(19(22)26)8-5-11-24(20)18(25)16-14-23-12-6-15(2)13-17(23)21-16/h6,12-14H,3-5,7-11H2,1-2H3.